The molecule has 1 amide bonds. The van der Waals surface area contributed by atoms with Crippen molar-refractivity contribution in [2.24, 2.45) is 0 Å². The molecule has 0 aliphatic heterocycles. The quantitative estimate of drug-likeness (QED) is 0.640. The van der Waals surface area contributed by atoms with Crippen molar-refractivity contribution >= 4 is 28.8 Å². The Morgan fingerprint density at radius 3 is 2.25 bits per heavy atom. The summed E-state index contributed by atoms with van der Waals surface area (Å²) in [5, 5.41) is 15.5. The summed E-state index contributed by atoms with van der Waals surface area (Å²) in [6.07, 6.45) is -5.03. The summed E-state index contributed by atoms with van der Waals surface area (Å²) >= 11 is 0. The number of rotatable bonds is 5. The highest BCUT2D eigenvalue weighted by Gasteiger charge is 2.31. The van der Waals surface area contributed by atoms with Crippen molar-refractivity contribution in [2.75, 3.05) is 10.6 Å². The van der Waals surface area contributed by atoms with Gasteiger partial charge >= 0.3 is 6.18 Å². The van der Waals surface area contributed by atoms with Crippen LogP contribution in [0.1, 0.15) is 6.42 Å². The topological polar surface area (TPSA) is 97.2 Å². The Bertz CT molecular complexity index is 730. The van der Waals surface area contributed by atoms with Gasteiger partial charge in [-0.25, -0.2) is 4.98 Å². The molecule has 2 aromatic rings. The van der Waals surface area contributed by atoms with E-state index in [1.807, 2.05) is 0 Å². The first-order valence-electron chi connectivity index (χ1n) is 6.57. The van der Waals surface area contributed by atoms with E-state index in [1.165, 1.54) is 36.4 Å². The minimum atomic E-state index is -4.56. The Balaban J connectivity index is 1.96. The summed E-state index contributed by atoms with van der Waals surface area (Å²) in [7, 11) is 0. The molecule has 0 bridgehead atoms. The second-order valence-electron chi connectivity index (χ2n) is 4.70. The van der Waals surface area contributed by atoms with E-state index in [2.05, 4.69) is 15.6 Å². The van der Waals surface area contributed by atoms with Crippen LogP contribution in [0, 0.1) is 10.1 Å². The van der Waals surface area contributed by atoms with Gasteiger partial charge in [-0.15, -0.1) is 0 Å². The third kappa shape index (κ3) is 5.23. The Morgan fingerprint density at radius 1 is 1.12 bits per heavy atom. The van der Waals surface area contributed by atoms with Gasteiger partial charge in [0.15, 0.2) is 0 Å². The summed E-state index contributed by atoms with van der Waals surface area (Å²) in [4.78, 5) is 25.0. The van der Waals surface area contributed by atoms with Gasteiger partial charge in [0.2, 0.25) is 5.91 Å². The third-order valence-electron chi connectivity index (χ3n) is 2.76. The number of alkyl halides is 3. The maximum absolute atomic E-state index is 12.1. The zero-order chi connectivity index (χ0) is 17.7. The number of carbonyl (C=O) groups excluding carboxylic acids is 1. The van der Waals surface area contributed by atoms with Crippen LogP contribution >= 0.6 is 0 Å². The normalized spacial score (nSPS) is 11.0. The van der Waals surface area contributed by atoms with Crippen LogP contribution in [-0.4, -0.2) is 22.0 Å². The van der Waals surface area contributed by atoms with E-state index in [4.69, 9.17) is 0 Å². The number of amides is 1. The average Bonchev–Trinajstić information content (AvgIpc) is 2.48. The fraction of sp³-hybridized carbons (Fsp3) is 0.143. The van der Waals surface area contributed by atoms with Gasteiger partial charge in [0.05, 0.1) is 4.92 Å². The molecule has 0 aliphatic rings. The molecule has 24 heavy (non-hydrogen) atoms. The molecule has 0 atom stereocenters. The minimum absolute atomic E-state index is 0.150. The number of halogens is 3. The van der Waals surface area contributed by atoms with Gasteiger partial charge in [-0.3, -0.25) is 14.9 Å². The molecule has 126 valence electrons. The highest BCUT2D eigenvalue weighted by molar-refractivity contribution is 5.91. The smallest absolute Gasteiger partial charge is 0.340 e. The van der Waals surface area contributed by atoms with Gasteiger partial charge in [0.1, 0.15) is 18.4 Å². The molecule has 1 heterocycles. The monoisotopic (exact) mass is 340 g/mol. The van der Waals surface area contributed by atoms with Crippen LogP contribution in [0.5, 0.6) is 0 Å². The summed E-state index contributed by atoms with van der Waals surface area (Å²) in [5.74, 6) is -0.797. The van der Waals surface area contributed by atoms with E-state index in [9.17, 15) is 28.1 Å². The zero-order valence-corrected chi connectivity index (χ0v) is 12.0. The van der Waals surface area contributed by atoms with Gasteiger partial charge in [-0.2, -0.15) is 13.2 Å². The van der Waals surface area contributed by atoms with E-state index in [0.29, 0.717) is 11.5 Å². The van der Waals surface area contributed by atoms with Crippen LogP contribution in [-0.2, 0) is 4.79 Å². The number of carbonyl (C=O) groups is 1. The Morgan fingerprint density at radius 2 is 1.75 bits per heavy atom. The molecule has 0 spiro atoms. The number of nitrogens with one attached hydrogen (secondary N) is 2. The molecule has 0 radical (unpaired) electrons. The standard InChI is InChI=1S/C14H11F3N4O3/c15-14(16,17)7-13(22)20-10-3-1-9(2-4-10)19-12-6-5-11(8-18-12)21(23)24/h1-6,8H,7H2,(H,18,19)(H,20,22). The number of nitro groups is 1. The maximum Gasteiger partial charge on any atom is 0.397 e. The highest BCUT2D eigenvalue weighted by Crippen LogP contribution is 2.22. The van der Waals surface area contributed by atoms with Crippen molar-refractivity contribution in [3.63, 3.8) is 0 Å². The summed E-state index contributed by atoms with van der Waals surface area (Å²) in [5.41, 5.74) is 0.611. The largest absolute Gasteiger partial charge is 0.397 e. The summed E-state index contributed by atoms with van der Waals surface area (Å²) in [6.45, 7) is 0. The molecule has 0 saturated carbocycles. The van der Waals surface area contributed by atoms with E-state index in [-0.39, 0.29) is 11.4 Å². The molecule has 10 heteroatoms. The van der Waals surface area contributed by atoms with Crippen molar-refractivity contribution in [1.82, 2.24) is 4.98 Å². The SMILES string of the molecule is O=C(CC(F)(F)F)Nc1ccc(Nc2ccc([N+](=O)[O-])cn2)cc1. The van der Waals surface area contributed by atoms with Gasteiger partial charge < -0.3 is 10.6 Å². The van der Waals surface area contributed by atoms with E-state index >= 15 is 0 Å². The lowest BCUT2D eigenvalue weighted by Crippen LogP contribution is -2.21. The molecule has 1 aromatic heterocycles. The van der Waals surface area contributed by atoms with Crippen LogP contribution in [0.3, 0.4) is 0 Å². The second kappa shape index (κ2) is 6.94. The van der Waals surface area contributed by atoms with Crippen LogP contribution in [0.2, 0.25) is 0 Å². The number of aromatic nitrogens is 1. The molecule has 7 nitrogen and oxygen atoms in total. The van der Waals surface area contributed by atoms with Gasteiger partial charge in [-0.1, -0.05) is 0 Å². The molecule has 0 saturated heterocycles. The number of hydrogen-bond donors (Lipinski definition) is 2. The molecule has 0 fully saturated rings. The maximum atomic E-state index is 12.1. The predicted molar refractivity (Wildman–Crippen MR) is 79.9 cm³/mol. The van der Waals surface area contributed by atoms with E-state index in [1.54, 1.807) is 0 Å². The number of anilines is 3. The summed E-state index contributed by atoms with van der Waals surface area (Å²) in [6, 6.07) is 8.57. The van der Waals surface area contributed by atoms with Crippen molar-refractivity contribution in [1.29, 1.82) is 0 Å². The summed E-state index contributed by atoms with van der Waals surface area (Å²) < 4.78 is 36.2. The highest BCUT2D eigenvalue weighted by atomic mass is 19.4. The lowest BCUT2D eigenvalue weighted by molar-refractivity contribution is -0.385. The van der Waals surface area contributed by atoms with Crippen molar-refractivity contribution in [2.45, 2.75) is 12.6 Å². The molecule has 2 N–H and O–H groups in total. The van der Waals surface area contributed by atoms with Gasteiger partial charge in [0.25, 0.3) is 5.69 Å². The van der Waals surface area contributed by atoms with E-state index in [0.717, 1.165) is 6.20 Å². The predicted octanol–water partition coefficient (Wildman–Crippen LogP) is 3.62. The molecular formula is C14H11F3N4O3. The van der Waals surface area contributed by atoms with Gasteiger partial charge in [0, 0.05) is 17.4 Å². The van der Waals surface area contributed by atoms with Crippen LogP contribution in [0.15, 0.2) is 42.6 Å². The zero-order valence-electron chi connectivity index (χ0n) is 12.0. The Hall–Kier alpha value is -3.17. The average molecular weight is 340 g/mol. The number of benzene rings is 1. The first kappa shape index (κ1) is 17.2. The lowest BCUT2D eigenvalue weighted by atomic mass is 10.2. The Kier molecular flexibility index (Phi) is 4.97. The van der Waals surface area contributed by atoms with Gasteiger partial charge in [-0.05, 0) is 30.3 Å². The molecule has 2 rings (SSSR count). The third-order valence-corrected chi connectivity index (χ3v) is 2.76. The minimum Gasteiger partial charge on any atom is -0.340 e. The first-order chi connectivity index (χ1) is 11.2. The van der Waals surface area contributed by atoms with Crippen molar-refractivity contribution < 1.29 is 22.9 Å². The Labute approximate surface area is 133 Å². The number of nitrogens with zero attached hydrogens (tertiary/aromatic N) is 2. The van der Waals surface area contributed by atoms with Crippen LogP contribution < -0.4 is 10.6 Å². The molecular weight excluding hydrogens is 329 g/mol. The van der Waals surface area contributed by atoms with Crippen LogP contribution in [0.4, 0.5) is 36.1 Å². The second-order valence-corrected chi connectivity index (χ2v) is 4.70. The molecule has 0 aliphatic carbocycles. The number of hydrogen-bond acceptors (Lipinski definition) is 5. The first-order valence-corrected chi connectivity index (χ1v) is 6.57. The van der Waals surface area contributed by atoms with Crippen molar-refractivity contribution in [3.8, 4) is 0 Å². The fourth-order valence-corrected chi connectivity index (χ4v) is 1.74. The number of pyridine rings is 1. The lowest BCUT2D eigenvalue weighted by Gasteiger charge is -2.09. The molecule has 1 aromatic carbocycles. The van der Waals surface area contributed by atoms with Crippen LogP contribution in [0.25, 0.3) is 0 Å². The van der Waals surface area contributed by atoms with Crippen molar-refractivity contribution in [3.05, 3.63) is 52.7 Å². The fourth-order valence-electron chi connectivity index (χ4n) is 1.74. The van der Waals surface area contributed by atoms with E-state index < -0.39 is 23.4 Å². The molecule has 0 unspecified atom stereocenters.